The molecule has 1 fully saturated rings. The molecular formula is C18H23N5O2. The second kappa shape index (κ2) is 7.04. The van der Waals surface area contributed by atoms with E-state index in [1.165, 1.54) is 0 Å². The molecule has 1 saturated heterocycles. The van der Waals surface area contributed by atoms with Crippen LogP contribution in [0.25, 0.3) is 0 Å². The third-order valence-corrected chi connectivity index (χ3v) is 4.56. The van der Waals surface area contributed by atoms with Gasteiger partial charge in [0.1, 0.15) is 5.69 Å². The summed E-state index contributed by atoms with van der Waals surface area (Å²) in [6.45, 7) is 0.664. The monoisotopic (exact) mass is 341 g/mol. The van der Waals surface area contributed by atoms with E-state index in [9.17, 15) is 9.59 Å². The molecule has 0 unspecified atom stereocenters. The van der Waals surface area contributed by atoms with E-state index in [1.807, 2.05) is 25.1 Å². The smallest absolute Gasteiger partial charge is 0.272 e. The Labute approximate surface area is 147 Å². The van der Waals surface area contributed by atoms with Crippen LogP contribution in [0.1, 0.15) is 40.1 Å². The molecule has 0 aliphatic carbocycles. The first-order chi connectivity index (χ1) is 12.0. The van der Waals surface area contributed by atoms with Gasteiger partial charge in [0.2, 0.25) is 0 Å². The molecule has 132 valence electrons. The molecular weight excluding hydrogens is 318 g/mol. The minimum atomic E-state index is -0.106. The van der Waals surface area contributed by atoms with Crippen LogP contribution in [0.2, 0.25) is 0 Å². The van der Waals surface area contributed by atoms with Gasteiger partial charge in [-0.15, -0.1) is 0 Å². The Morgan fingerprint density at radius 3 is 2.84 bits per heavy atom. The van der Waals surface area contributed by atoms with Crippen molar-refractivity contribution >= 4 is 17.4 Å². The first-order valence-corrected chi connectivity index (χ1v) is 8.42. The number of aryl methyl sites for hydroxylation is 1. The summed E-state index contributed by atoms with van der Waals surface area (Å²) >= 11 is 0. The van der Waals surface area contributed by atoms with Crippen molar-refractivity contribution in [3.8, 4) is 0 Å². The number of likely N-dealkylation sites (tertiary alicyclic amines) is 1. The van der Waals surface area contributed by atoms with Gasteiger partial charge in [0, 0.05) is 58.2 Å². The lowest BCUT2D eigenvalue weighted by atomic mass is 10.0. The summed E-state index contributed by atoms with van der Waals surface area (Å²) in [5.74, 6) is -0.0852. The molecule has 0 bridgehead atoms. The number of hydrogen-bond acceptors (Lipinski definition) is 5. The number of carbonyl (C=O) groups excluding carboxylic acids is 2. The zero-order chi connectivity index (χ0) is 18.0. The van der Waals surface area contributed by atoms with Crippen molar-refractivity contribution in [2.24, 2.45) is 7.05 Å². The Morgan fingerprint density at radius 2 is 2.16 bits per heavy atom. The highest BCUT2D eigenvalue weighted by Crippen LogP contribution is 2.24. The summed E-state index contributed by atoms with van der Waals surface area (Å²) in [4.78, 5) is 33.3. The number of Topliss-reactive ketones (excluding diaryl/α,β-unsaturated/α-hetero) is 1. The average molecular weight is 341 g/mol. The molecule has 25 heavy (non-hydrogen) atoms. The first kappa shape index (κ1) is 17.1. The van der Waals surface area contributed by atoms with Crippen LogP contribution in [0.15, 0.2) is 30.7 Å². The Balaban J connectivity index is 1.73. The van der Waals surface area contributed by atoms with Crippen LogP contribution in [0.3, 0.4) is 0 Å². The van der Waals surface area contributed by atoms with Crippen LogP contribution in [-0.2, 0) is 7.05 Å². The van der Waals surface area contributed by atoms with Crippen LogP contribution >= 0.6 is 0 Å². The maximum absolute atomic E-state index is 12.9. The quantitative estimate of drug-likeness (QED) is 0.775. The van der Waals surface area contributed by atoms with Crippen molar-refractivity contribution in [1.82, 2.24) is 19.7 Å². The van der Waals surface area contributed by atoms with Gasteiger partial charge in [-0.1, -0.05) is 0 Å². The molecule has 0 N–H and O–H groups in total. The number of amides is 1. The van der Waals surface area contributed by atoms with Crippen LogP contribution in [0, 0.1) is 0 Å². The van der Waals surface area contributed by atoms with Crippen molar-refractivity contribution in [3.05, 3.63) is 42.0 Å². The van der Waals surface area contributed by atoms with Gasteiger partial charge in [0.15, 0.2) is 5.78 Å². The highest BCUT2D eigenvalue weighted by Gasteiger charge is 2.32. The molecule has 1 amide bonds. The van der Waals surface area contributed by atoms with E-state index >= 15 is 0 Å². The van der Waals surface area contributed by atoms with Gasteiger partial charge in [-0.3, -0.25) is 19.3 Å². The summed E-state index contributed by atoms with van der Waals surface area (Å²) in [6, 6.07) is 3.58. The molecule has 3 heterocycles. The SMILES string of the molecule is CN(C)c1ccnc(C(=O)N2CCC[C@H]2CC(=O)c2cnn(C)c2)c1. The van der Waals surface area contributed by atoms with Crippen molar-refractivity contribution in [2.45, 2.75) is 25.3 Å². The molecule has 1 atom stereocenters. The third-order valence-electron chi connectivity index (χ3n) is 4.56. The van der Waals surface area contributed by atoms with E-state index in [1.54, 1.807) is 41.3 Å². The molecule has 7 nitrogen and oxygen atoms in total. The lowest BCUT2D eigenvalue weighted by molar-refractivity contribution is 0.0711. The fraction of sp³-hybridized carbons (Fsp3) is 0.444. The summed E-state index contributed by atoms with van der Waals surface area (Å²) in [7, 11) is 5.63. The van der Waals surface area contributed by atoms with E-state index in [-0.39, 0.29) is 17.7 Å². The highest BCUT2D eigenvalue weighted by atomic mass is 16.2. The van der Waals surface area contributed by atoms with Gasteiger partial charge < -0.3 is 9.80 Å². The molecule has 1 aliphatic rings. The molecule has 2 aromatic heterocycles. The fourth-order valence-corrected chi connectivity index (χ4v) is 3.17. The predicted octanol–water partition coefficient (Wildman–Crippen LogP) is 1.76. The van der Waals surface area contributed by atoms with Crippen LogP contribution in [0.4, 0.5) is 5.69 Å². The van der Waals surface area contributed by atoms with E-state index in [2.05, 4.69) is 10.1 Å². The normalized spacial score (nSPS) is 16.9. The molecule has 0 saturated carbocycles. The number of hydrogen-bond donors (Lipinski definition) is 0. The summed E-state index contributed by atoms with van der Waals surface area (Å²) in [5.41, 5.74) is 1.95. The lowest BCUT2D eigenvalue weighted by Gasteiger charge is -2.24. The van der Waals surface area contributed by atoms with Gasteiger partial charge >= 0.3 is 0 Å². The number of rotatable bonds is 5. The van der Waals surface area contributed by atoms with Gasteiger partial charge in [-0.25, -0.2) is 0 Å². The minimum absolute atomic E-state index is 0.0211. The molecule has 1 aliphatic heterocycles. The largest absolute Gasteiger partial charge is 0.378 e. The number of carbonyl (C=O) groups is 2. The van der Waals surface area contributed by atoms with Crippen LogP contribution in [0.5, 0.6) is 0 Å². The maximum atomic E-state index is 12.9. The number of aromatic nitrogens is 3. The van der Waals surface area contributed by atoms with E-state index in [0.717, 1.165) is 18.5 Å². The summed E-state index contributed by atoms with van der Waals surface area (Å²) in [6.07, 6.45) is 7.01. The van der Waals surface area contributed by atoms with Crippen LogP contribution < -0.4 is 4.90 Å². The number of nitrogens with zero attached hydrogens (tertiary/aromatic N) is 5. The Morgan fingerprint density at radius 1 is 1.36 bits per heavy atom. The Bertz CT molecular complexity index is 783. The van der Waals surface area contributed by atoms with E-state index < -0.39 is 0 Å². The van der Waals surface area contributed by atoms with Crippen molar-refractivity contribution < 1.29 is 9.59 Å². The van der Waals surface area contributed by atoms with E-state index in [4.69, 9.17) is 0 Å². The van der Waals surface area contributed by atoms with Crippen molar-refractivity contribution in [2.75, 3.05) is 25.5 Å². The topological polar surface area (TPSA) is 71.3 Å². The third kappa shape index (κ3) is 3.70. The average Bonchev–Trinajstić information content (AvgIpc) is 3.23. The second-order valence-corrected chi connectivity index (χ2v) is 6.62. The minimum Gasteiger partial charge on any atom is -0.378 e. The van der Waals surface area contributed by atoms with Gasteiger partial charge in [0.05, 0.1) is 11.8 Å². The molecule has 0 spiro atoms. The Kier molecular flexibility index (Phi) is 4.83. The van der Waals surface area contributed by atoms with Gasteiger partial charge in [-0.05, 0) is 25.0 Å². The maximum Gasteiger partial charge on any atom is 0.272 e. The zero-order valence-corrected chi connectivity index (χ0v) is 14.8. The summed E-state index contributed by atoms with van der Waals surface area (Å²) < 4.78 is 1.61. The van der Waals surface area contributed by atoms with Crippen molar-refractivity contribution in [1.29, 1.82) is 0 Å². The highest BCUT2D eigenvalue weighted by molar-refractivity contribution is 5.97. The van der Waals surface area contributed by atoms with Gasteiger partial charge in [-0.2, -0.15) is 5.10 Å². The molecule has 7 heteroatoms. The fourth-order valence-electron chi connectivity index (χ4n) is 3.17. The number of pyridine rings is 1. The lowest BCUT2D eigenvalue weighted by Crippen LogP contribution is -2.37. The van der Waals surface area contributed by atoms with E-state index in [0.29, 0.717) is 24.2 Å². The van der Waals surface area contributed by atoms with Crippen molar-refractivity contribution in [3.63, 3.8) is 0 Å². The number of ketones is 1. The molecule has 2 aromatic rings. The predicted molar refractivity (Wildman–Crippen MR) is 94.8 cm³/mol. The Hall–Kier alpha value is -2.70. The molecule has 3 rings (SSSR count). The van der Waals surface area contributed by atoms with Crippen LogP contribution in [-0.4, -0.2) is 58.0 Å². The summed E-state index contributed by atoms with van der Waals surface area (Å²) in [5, 5.41) is 4.04. The molecule has 0 radical (unpaired) electrons. The molecule has 0 aromatic carbocycles. The first-order valence-electron chi connectivity index (χ1n) is 8.42. The van der Waals surface area contributed by atoms with Gasteiger partial charge in [0.25, 0.3) is 5.91 Å². The standard InChI is InChI=1S/C18H23N5O2/c1-21(2)14-6-7-19-16(9-14)18(25)23-8-4-5-15(23)10-17(24)13-11-20-22(3)12-13/h6-7,9,11-12,15H,4-5,8,10H2,1-3H3/t15-/m0/s1. The second-order valence-electron chi connectivity index (χ2n) is 6.62. The number of anilines is 1. The zero-order valence-electron chi connectivity index (χ0n) is 14.8.